The predicted octanol–water partition coefficient (Wildman–Crippen LogP) is 4.27. The number of esters is 1. The summed E-state index contributed by atoms with van der Waals surface area (Å²) in [7, 11) is 0. The average Bonchev–Trinajstić information content (AvgIpc) is 3.24. The van der Waals surface area contributed by atoms with Crippen LogP contribution in [0.2, 0.25) is 0 Å². The van der Waals surface area contributed by atoms with Gasteiger partial charge in [0.05, 0.1) is 12.4 Å². The summed E-state index contributed by atoms with van der Waals surface area (Å²) in [6.45, 7) is 2.08. The molecule has 0 aliphatic rings. The van der Waals surface area contributed by atoms with Crippen LogP contribution in [-0.4, -0.2) is 22.2 Å². The number of hydrogen-bond acceptors (Lipinski definition) is 8. The third-order valence-corrected chi connectivity index (χ3v) is 4.68. The molecule has 1 aromatic carbocycles. The molecule has 0 saturated carbocycles. The van der Waals surface area contributed by atoms with E-state index in [1.54, 1.807) is 30.1 Å². The third-order valence-electron chi connectivity index (χ3n) is 3.17. The van der Waals surface area contributed by atoms with E-state index in [-0.39, 0.29) is 12.4 Å². The minimum absolute atomic E-state index is 0. The number of furan rings is 1. The molecule has 3 aromatic rings. The van der Waals surface area contributed by atoms with Crippen LogP contribution in [-0.2, 0) is 10.5 Å². The number of ether oxygens (including phenoxy) is 1. The summed E-state index contributed by atoms with van der Waals surface area (Å²) in [5.41, 5.74) is 7.42. The van der Waals surface area contributed by atoms with Crippen molar-refractivity contribution in [1.29, 1.82) is 0 Å². The molecule has 0 amide bonds. The average molecular weight is 398 g/mol. The Morgan fingerprint density at radius 1 is 1.36 bits per heavy atom. The van der Waals surface area contributed by atoms with E-state index in [2.05, 4.69) is 9.59 Å². The molecule has 2 aromatic heterocycles. The number of rotatable bonds is 6. The van der Waals surface area contributed by atoms with Crippen LogP contribution in [0.4, 0.5) is 5.69 Å². The lowest BCUT2D eigenvalue weighted by atomic mass is 10.2. The molecule has 0 unspecified atom stereocenters. The van der Waals surface area contributed by atoms with Gasteiger partial charge in [-0.2, -0.15) is 0 Å². The van der Waals surface area contributed by atoms with Gasteiger partial charge in [-0.25, -0.2) is 4.79 Å². The normalized spacial score (nSPS) is 10.3. The van der Waals surface area contributed by atoms with Crippen molar-refractivity contribution >= 4 is 47.4 Å². The van der Waals surface area contributed by atoms with Crippen LogP contribution < -0.4 is 5.73 Å². The molecule has 0 bridgehead atoms. The van der Waals surface area contributed by atoms with Gasteiger partial charge < -0.3 is 14.9 Å². The van der Waals surface area contributed by atoms with E-state index in [1.165, 1.54) is 11.5 Å². The van der Waals surface area contributed by atoms with Crippen LogP contribution in [0.15, 0.2) is 45.0 Å². The molecule has 0 fully saturated rings. The number of halogens is 1. The summed E-state index contributed by atoms with van der Waals surface area (Å²) in [6, 6.07) is 9.19. The fourth-order valence-electron chi connectivity index (χ4n) is 2.03. The third kappa shape index (κ3) is 4.75. The maximum absolute atomic E-state index is 12.2. The van der Waals surface area contributed by atoms with Crippen molar-refractivity contribution in [2.24, 2.45) is 0 Å². The fourth-order valence-corrected chi connectivity index (χ4v) is 3.31. The van der Waals surface area contributed by atoms with E-state index in [0.717, 1.165) is 4.90 Å². The Morgan fingerprint density at radius 3 is 2.76 bits per heavy atom. The standard InChI is InChI=1S/C16H15N3O3S2.ClH/c1-2-21-16(20)12-7-14(13-8-24-19-18-13)22-15(12)9-23-11-5-3-10(17)4-6-11;/h3-8H,2,9,17H2,1H3;1H. The lowest BCUT2D eigenvalue weighted by Crippen LogP contribution is -2.05. The maximum atomic E-state index is 12.2. The number of benzene rings is 1. The highest BCUT2D eigenvalue weighted by Gasteiger charge is 2.21. The Morgan fingerprint density at radius 2 is 2.12 bits per heavy atom. The van der Waals surface area contributed by atoms with Gasteiger partial charge in [-0.05, 0) is 42.7 Å². The van der Waals surface area contributed by atoms with Crippen LogP contribution in [0.1, 0.15) is 23.0 Å². The van der Waals surface area contributed by atoms with E-state index in [9.17, 15) is 4.79 Å². The Balaban J connectivity index is 0.00000225. The lowest BCUT2D eigenvalue weighted by Gasteiger charge is -2.03. The van der Waals surface area contributed by atoms with Gasteiger partial charge in [0, 0.05) is 22.0 Å². The summed E-state index contributed by atoms with van der Waals surface area (Å²) in [5.74, 6) is 1.16. The highest BCUT2D eigenvalue weighted by Crippen LogP contribution is 2.31. The number of aromatic nitrogens is 2. The van der Waals surface area contributed by atoms with Crippen LogP contribution in [0.3, 0.4) is 0 Å². The highest BCUT2D eigenvalue weighted by atomic mass is 35.5. The first kappa shape index (κ1) is 19.3. The molecule has 132 valence electrons. The van der Waals surface area contributed by atoms with Crippen molar-refractivity contribution in [2.45, 2.75) is 17.6 Å². The second-order valence-electron chi connectivity index (χ2n) is 4.82. The molecule has 2 N–H and O–H groups in total. The van der Waals surface area contributed by atoms with Gasteiger partial charge in [0.15, 0.2) is 5.76 Å². The molecule has 0 saturated heterocycles. The molecular formula is C16H16ClN3O3S2. The molecule has 9 heteroatoms. The Bertz CT molecular complexity index is 820. The van der Waals surface area contributed by atoms with Gasteiger partial charge >= 0.3 is 5.97 Å². The Labute approximate surface area is 159 Å². The van der Waals surface area contributed by atoms with Crippen molar-refractivity contribution in [2.75, 3.05) is 12.3 Å². The first-order valence-electron chi connectivity index (χ1n) is 7.23. The minimum atomic E-state index is -0.399. The summed E-state index contributed by atoms with van der Waals surface area (Å²) in [4.78, 5) is 13.2. The molecule has 25 heavy (non-hydrogen) atoms. The van der Waals surface area contributed by atoms with Gasteiger partial charge in [-0.15, -0.1) is 29.3 Å². The monoisotopic (exact) mass is 397 g/mol. The van der Waals surface area contributed by atoms with Gasteiger partial charge in [0.2, 0.25) is 0 Å². The summed E-state index contributed by atoms with van der Waals surface area (Å²) < 4.78 is 14.8. The Kier molecular flexibility index (Phi) is 6.86. The molecule has 0 radical (unpaired) electrons. The quantitative estimate of drug-likeness (QED) is 0.377. The number of nitrogens with two attached hydrogens (primary N) is 1. The van der Waals surface area contributed by atoms with Gasteiger partial charge in [0.1, 0.15) is 17.0 Å². The number of carbonyl (C=O) groups excluding carboxylic acids is 1. The first-order valence-corrected chi connectivity index (χ1v) is 9.05. The van der Waals surface area contributed by atoms with Crippen LogP contribution in [0.5, 0.6) is 0 Å². The number of carbonyl (C=O) groups is 1. The van der Waals surface area contributed by atoms with Crippen molar-refractivity contribution in [3.63, 3.8) is 0 Å². The zero-order chi connectivity index (χ0) is 16.9. The zero-order valence-electron chi connectivity index (χ0n) is 13.3. The van der Waals surface area contributed by atoms with Crippen molar-refractivity contribution in [1.82, 2.24) is 9.59 Å². The Hall–Kier alpha value is -2.03. The molecule has 3 rings (SSSR count). The van der Waals surface area contributed by atoms with E-state index < -0.39 is 5.97 Å². The van der Waals surface area contributed by atoms with E-state index in [4.69, 9.17) is 14.9 Å². The fraction of sp³-hybridized carbons (Fsp3) is 0.188. The first-order chi connectivity index (χ1) is 11.7. The van der Waals surface area contributed by atoms with Crippen LogP contribution in [0, 0.1) is 0 Å². The van der Waals surface area contributed by atoms with Gasteiger partial charge in [0.25, 0.3) is 0 Å². The van der Waals surface area contributed by atoms with Gasteiger partial charge in [-0.3, -0.25) is 0 Å². The lowest BCUT2D eigenvalue weighted by molar-refractivity contribution is 0.0524. The van der Waals surface area contributed by atoms with Crippen LogP contribution >= 0.6 is 35.7 Å². The van der Waals surface area contributed by atoms with Crippen molar-refractivity contribution in [3.8, 4) is 11.5 Å². The number of nitrogens with zero attached hydrogens (tertiary/aromatic N) is 2. The maximum Gasteiger partial charge on any atom is 0.341 e. The summed E-state index contributed by atoms with van der Waals surface area (Å²) in [6.07, 6.45) is 0. The van der Waals surface area contributed by atoms with Crippen molar-refractivity contribution in [3.05, 3.63) is 47.0 Å². The second-order valence-corrected chi connectivity index (χ2v) is 6.47. The molecule has 0 spiro atoms. The number of thioether (sulfide) groups is 1. The SMILES string of the molecule is CCOC(=O)c1cc(-c2csnn2)oc1CSc1ccc(N)cc1.Cl. The smallest absolute Gasteiger partial charge is 0.341 e. The van der Waals surface area contributed by atoms with Gasteiger partial charge in [-0.1, -0.05) is 4.49 Å². The minimum Gasteiger partial charge on any atom is -0.462 e. The summed E-state index contributed by atoms with van der Waals surface area (Å²) in [5, 5.41) is 5.74. The van der Waals surface area contributed by atoms with Crippen LogP contribution in [0.25, 0.3) is 11.5 Å². The number of hydrogen-bond donors (Lipinski definition) is 1. The highest BCUT2D eigenvalue weighted by molar-refractivity contribution is 7.98. The van der Waals surface area contributed by atoms with Crippen molar-refractivity contribution < 1.29 is 13.9 Å². The summed E-state index contributed by atoms with van der Waals surface area (Å²) >= 11 is 2.78. The van der Waals surface area contributed by atoms with E-state index in [1.807, 2.05) is 24.3 Å². The molecule has 0 aliphatic heterocycles. The largest absolute Gasteiger partial charge is 0.462 e. The topological polar surface area (TPSA) is 91.2 Å². The van der Waals surface area contributed by atoms with E-state index >= 15 is 0 Å². The molecule has 6 nitrogen and oxygen atoms in total. The number of nitrogen functional groups attached to an aromatic ring is 1. The molecule has 0 atom stereocenters. The second kappa shape index (κ2) is 8.89. The molecule has 0 aliphatic carbocycles. The molecule has 2 heterocycles. The number of anilines is 1. The molecular weight excluding hydrogens is 382 g/mol. The van der Waals surface area contributed by atoms with E-state index in [0.29, 0.717) is 40.8 Å². The zero-order valence-corrected chi connectivity index (χ0v) is 15.7. The predicted molar refractivity (Wildman–Crippen MR) is 101 cm³/mol.